The van der Waals surface area contributed by atoms with Crippen molar-refractivity contribution in [2.75, 3.05) is 36.1 Å². The topological polar surface area (TPSA) is 50.6 Å². The summed E-state index contributed by atoms with van der Waals surface area (Å²) in [6, 6.07) is 6.39. The number of fused-ring (bicyclic) bond motifs is 1. The van der Waals surface area contributed by atoms with Crippen molar-refractivity contribution >= 4 is 23.4 Å². The van der Waals surface area contributed by atoms with Crippen LogP contribution in [0.2, 0.25) is 5.02 Å². The molecule has 1 aromatic heterocycles. The standard InChI is InChI=1S/C19H20ClF3N4O2/c20-14-4-2-1-3-13(14)12-27-15(19(21,22)23)5-6-26-17(28)11-16(24-18(26)27)25-7-9-29-10-8-25/h1-4,11,15H,5-10,12H2. The monoisotopic (exact) mass is 428 g/mol. The van der Waals surface area contributed by atoms with Crippen LogP contribution in [0.4, 0.5) is 24.9 Å². The number of halogens is 4. The highest BCUT2D eigenvalue weighted by molar-refractivity contribution is 6.31. The Labute approximate surface area is 170 Å². The predicted molar refractivity (Wildman–Crippen MR) is 104 cm³/mol. The molecule has 1 atom stereocenters. The van der Waals surface area contributed by atoms with Gasteiger partial charge in [0, 0.05) is 37.3 Å². The van der Waals surface area contributed by atoms with Crippen LogP contribution < -0.4 is 15.4 Å². The molecule has 1 aromatic carbocycles. The molecule has 0 N–H and O–H groups in total. The SMILES string of the molecule is O=c1cc(N2CCOCC2)nc2n1CCC(C(F)(F)F)N2Cc1ccccc1Cl. The first-order chi connectivity index (χ1) is 13.8. The van der Waals surface area contributed by atoms with Crippen molar-refractivity contribution in [3.8, 4) is 0 Å². The zero-order chi connectivity index (χ0) is 20.6. The van der Waals surface area contributed by atoms with Gasteiger partial charge in [-0.25, -0.2) is 0 Å². The van der Waals surface area contributed by atoms with Gasteiger partial charge in [-0.05, 0) is 18.1 Å². The third-order valence-corrected chi connectivity index (χ3v) is 5.61. The van der Waals surface area contributed by atoms with Gasteiger partial charge in [-0.3, -0.25) is 9.36 Å². The first kappa shape index (κ1) is 20.0. The smallest absolute Gasteiger partial charge is 0.378 e. The molecule has 10 heteroatoms. The molecule has 0 bridgehead atoms. The van der Waals surface area contributed by atoms with Gasteiger partial charge in [0.2, 0.25) is 5.95 Å². The molecule has 0 radical (unpaired) electrons. The van der Waals surface area contributed by atoms with Gasteiger partial charge in [-0.15, -0.1) is 0 Å². The number of hydrogen-bond acceptors (Lipinski definition) is 5. The van der Waals surface area contributed by atoms with E-state index in [1.807, 2.05) is 4.90 Å². The number of hydrogen-bond donors (Lipinski definition) is 0. The fraction of sp³-hybridized carbons (Fsp3) is 0.474. The summed E-state index contributed by atoms with van der Waals surface area (Å²) in [6.45, 7) is 1.89. The molecule has 0 aliphatic carbocycles. The Bertz CT molecular complexity index is 944. The summed E-state index contributed by atoms with van der Waals surface area (Å²) < 4.78 is 48.1. The molecule has 6 nitrogen and oxygen atoms in total. The van der Waals surface area contributed by atoms with Gasteiger partial charge in [0.1, 0.15) is 11.9 Å². The van der Waals surface area contributed by atoms with E-state index in [0.717, 1.165) is 4.90 Å². The van der Waals surface area contributed by atoms with E-state index in [-0.39, 0.29) is 31.0 Å². The quantitative estimate of drug-likeness (QED) is 0.752. The van der Waals surface area contributed by atoms with E-state index in [4.69, 9.17) is 16.3 Å². The summed E-state index contributed by atoms with van der Waals surface area (Å²) in [5, 5.41) is 0.372. The van der Waals surface area contributed by atoms with Gasteiger partial charge >= 0.3 is 6.18 Å². The predicted octanol–water partition coefficient (Wildman–Crippen LogP) is 3.07. The van der Waals surface area contributed by atoms with Crippen LogP contribution in [0.1, 0.15) is 12.0 Å². The van der Waals surface area contributed by atoms with Crippen LogP contribution in [0.25, 0.3) is 0 Å². The van der Waals surface area contributed by atoms with E-state index >= 15 is 0 Å². The van der Waals surface area contributed by atoms with E-state index in [0.29, 0.717) is 42.7 Å². The fourth-order valence-corrected chi connectivity index (χ4v) is 3.94. The van der Waals surface area contributed by atoms with Gasteiger partial charge < -0.3 is 14.5 Å². The van der Waals surface area contributed by atoms with Crippen molar-refractivity contribution in [3.63, 3.8) is 0 Å². The molecule has 0 amide bonds. The second-order valence-electron chi connectivity index (χ2n) is 7.07. The van der Waals surface area contributed by atoms with Crippen LogP contribution >= 0.6 is 11.6 Å². The maximum atomic E-state index is 13.8. The van der Waals surface area contributed by atoms with Crippen molar-refractivity contribution in [3.05, 3.63) is 51.3 Å². The van der Waals surface area contributed by atoms with Crippen LogP contribution in [0.5, 0.6) is 0 Å². The molecule has 1 saturated heterocycles. The molecule has 156 valence electrons. The van der Waals surface area contributed by atoms with Crippen LogP contribution in [-0.2, 0) is 17.8 Å². The Hall–Kier alpha value is -2.26. The molecule has 2 aliphatic rings. The molecular weight excluding hydrogens is 409 g/mol. The molecule has 2 aliphatic heterocycles. The highest BCUT2D eigenvalue weighted by atomic mass is 35.5. The van der Waals surface area contributed by atoms with Gasteiger partial charge in [-0.1, -0.05) is 29.8 Å². The molecule has 1 fully saturated rings. The van der Waals surface area contributed by atoms with Crippen molar-refractivity contribution in [1.29, 1.82) is 0 Å². The van der Waals surface area contributed by atoms with E-state index in [1.54, 1.807) is 24.3 Å². The Morgan fingerprint density at radius 3 is 2.59 bits per heavy atom. The summed E-state index contributed by atoms with van der Waals surface area (Å²) in [4.78, 5) is 20.2. The summed E-state index contributed by atoms with van der Waals surface area (Å²) in [6.07, 6.45) is -4.68. The summed E-state index contributed by atoms with van der Waals surface area (Å²) in [5.74, 6) is 0.393. The van der Waals surface area contributed by atoms with E-state index < -0.39 is 12.2 Å². The van der Waals surface area contributed by atoms with Gasteiger partial charge in [0.05, 0.1) is 13.2 Å². The summed E-state index contributed by atoms with van der Waals surface area (Å²) >= 11 is 6.20. The average Bonchev–Trinajstić information content (AvgIpc) is 2.69. The second kappa shape index (κ2) is 7.87. The Kier molecular flexibility index (Phi) is 5.44. The molecule has 2 aromatic rings. The van der Waals surface area contributed by atoms with E-state index in [1.165, 1.54) is 10.6 Å². The van der Waals surface area contributed by atoms with Crippen molar-refractivity contribution in [2.24, 2.45) is 0 Å². The zero-order valence-corrected chi connectivity index (χ0v) is 16.3. The lowest BCUT2D eigenvalue weighted by molar-refractivity contribution is -0.153. The minimum absolute atomic E-state index is 0.0208. The number of anilines is 2. The third-order valence-electron chi connectivity index (χ3n) is 5.25. The molecule has 4 rings (SSSR count). The Balaban J connectivity index is 1.79. The summed E-state index contributed by atoms with van der Waals surface area (Å²) in [5.41, 5.74) is 0.184. The molecular formula is C19H20ClF3N4O2. The maximum absolute atomic E-state index is 13.8. The Morgan fingerprint density at radius 2 is 1.90 bits per heavy atom. The number of rotatable bonds is 3. The zero-order valence-electron chi connectivity index (χ0n) is 15.5. The minimum Gasteiger partial charge on any atom is -0.378 e. The number of morpholine rings is 1. The van der Waals surface area contributed by atoms with Crippen LogP contribution in [-0.4, -0.2) is 48.1 Å². The van der Waals surface area contributed by atoms with E-state index in [2.05, 4.69) is 4.98 Å². The van der Waals surface area contributed by atoms with Crippen LogP contribution in [0, 0.1) is 0 Å². The van der Waals surface area contributed by atoms with Crippen molar-refractivity contribution in [1.82, 2.24) is 9.55 Å². The lowest BCUT2D eigenvalue weighted by atomic mass is 10.1. The molecule has 0 saturated carbocycles. The van der Waals surface area contributed by atoms with Gasteiger partial charge in [-0.2, -0.15) is 18.2 Å². The average molecular weight is 429 g/mol. The maximum Gasteiger partial charge on any atom is 0.408 e. The van der Waals surface area contributed by atoms with Gasteiger partial charge in [0.15, 0.2) is 0 Å². The molecule has 1 unspecified atom stereocenters. The number of nitrogens with zero attached hydrogens (tertiary/aromatic N) is 4. The first-order valence-electron chi connectivity index (χ1n) is 9.36. The lowest BCUT2D eigenvalue weighted by Crippen LogP contribution is -2.52. The number of alkyl halides is 3. The Morgan fingerprint density at radius 1 is 1.17 bits per heavy atom. The molecule has 3 heterocycles. The number of benzene rings is 1. The number of ether oxygens (including phenoxy) is 1. The normalized spacial score (nSPS) is 19.9. The van der Waals surface area contributed by atoms with Gasteiger partial charge in [0.25, 0.3) is 5.56 Å². The van der Waals surface area contributed by atoms with Crippen molar-refractivity contribution in [2.45, 2.75) is 31.7 Å². The van der Waals surface area contributed by atoms with Crippen LogP contribution in [0.3, 0.4) is 0 Å². The minimum atomic E-state index is -4.46. The summed E-state index contributed by atoms with van der Waals surface area (Å²) in [7, 11) is 0. The largest absolute Gasteiger partial charge is 0.408 e. The second-order valence-corrected chi connectivity index (χ2v) is 7.48. The highest BCUT2D eigenvalue weighted by Gasteiger charge is 2.47. The fourth-order valence-electron chi connectivity index (χ4n) is 3.74. The lowest BCUT2D eigenvalue weighted by Gasteiger charge is -2.39. The number of aromatic nitrogens is 2. The highest BCUT2D eigenvalue weighted by Crippen LogP contribution is 2.36. The van der Waals surface area contributed by atoms with Crippen molar-refractivity contribution < 1.29 is 17.9 Å². The first-order valence-corrected chi connectivity index (χ1v) is 9.74. The molecule has 29 heavy (non-hydrogen) atoms. The third kappa shape index (κ3) is 4.06. The van der Waals surface area contributed by atoms with Crippen LogP contribution in [0.15, 0.2) is 35.1 Å². The van der Waals surface area contributed by atoms with E-state index in [9.17, 15) is 18.0 Å². The molecule has 0 spiro atoms.